The minimum atomic E-state index is -3.54. The number of rotatable bonds is 5. The first kappa shape index (κ1) is 21.8. The first-order valence-corrected chi connectivity index (χ1v) is 12.0. The number of nitrogens with one attached hydrogen (secondary N) is 1. The van der Waals surface area contributed by atoms with Crippen molar-refractivity contribution in [3.05, 3.63) is 81.2 Å². The van der Waals surface area contributed by atoms with Gasteiger partial charge in [-0.2, -0.15) is 4.31 Å². The molecule has 0 aliphatic carbocycles. The van der Waals surface area contributed by atoms with Crippen LogP contribution in [0.15, 0.2) is 64.3 Å². The van der Waals surface area contributed by atoms with E-state index in [9.17, 15) is 13.2 Å². The van der Waals surface area contributed by atoms with E-state index in [1.165, 1.54) is 21.3 Å². The van der Waals surface area contributed by atoms with Crippen LogP contribution in [-0.2, 0) is 23.6 Å². The summed E-state index contributed by atoms with van der Waals surface area (Å²) < 4.78 is 30.9. The Balaban J connectivity index is 1.49. The van der Waals surface area contributed by atoms with Gasteiger partial charge in [0.05, 0.1) is 42.3 Å². The Labute approximate surface area is 187 Å². The van der Waals surface area contributed by atoms with E-state index in [1.807, 2.05) is 49.0 Å². The molecule has 4 rings (SSSR count). The number of aromatic nitrogens is 2. The third kappa shape index (κ3) is 4.21. The second kappa shape index (κ2) is 8.63. The molecule has 31 heavy (non-hydrogen) atoms. The molecule has 0 spiro atoms. The fourth-order valence-electron chi connectivity index (χ4n) is 4.05. The van der Waals surface area contributed by atoms with Crippen molar-refractivity contribution in [2.24, 2.45) is 7.05 Å². The van der Waals surface area contributed by atoms with E-state index in [0.29, 0.717) is 37.7 Å². The Bertz CT molecular complexity index is 1230. The van der Waals surface area contributed by atoms with Gasteiger partial charge in [0.25, 0.3) is 5.56 Å². The van der Waals surface area contributed by atoms with E-state index in [4.69, 9.17) is 11.6 Å². The lowest BCUT2D eigenvalue weighted by molar-refractivity contribution is -0.917. The Morgan fingerprint density at radius 3 is 2.23 bits per heavy atom. The standard InChI is InChI=1S/C22H25ClN4O3S/c1-17-21(22(28)27(24(17)2)19-6-4-3-5-7-19)16-25-12-14-26(15-13-25)31(29,30)20-10-8-18(23)9-11-20/h3-11H,12-16H2,1-2H3/p+1. The molecular formula is C22H26ClN4O3S+. The van der Waals surface area contributed by atoms with Gasteiger partial charge >= 0.3 is 0 Å². The van der Waals surface area contributed by atoms with E-state index >= 15 is 0 Å². The van der Waals surface area contributed by atoms with Crippen LogP contribution in [0.2, 0.25) is 5.02 Å². The molecule has 0 unspecified atom stereocenters. The summed E-state index contributed by atoms with van der Waals surface area (Å²) in [6.45, 7) is 4.65. The SMILES string of the molecule is Cc1c(C[NH+]2CCN(S(=O)(=O)c3ccc(Cl)cc3)CC2)c(=O)n(-c2ccccc2)n1C. The Hall–Kier alpha value is -2.39. The molecule has 164 valence electrons. The number of benzene rings is 2. The highest BCUT2D eigenvalue weighted by Crippen LogP contribution is 2.18. The number of para-hydroxylation sites is 1. The van der Waals surface area contributed by atoms with E-state index in [1.54, 1.807) is 16.8 Å². The zero-order valence-corrected chi connectivity index (χ0v) is 19.2. The molecule has 0 bridgehead atoms. The molecule has 0 amide bonds. The molecule has 0 atom stereocenters. The molecule has 1 saturated heterocycles. The molecule has 9 heteroatoms. The van der Waals surface area contributed by atoms with Crippen molar-refractivity contribution in [3.8, 4) is 5.69 Å². The number of hydrogen-bond donors (Lipinski definition) is 1. The van der Waals surface area contributed by atoms with Crippen molar-refractivity contribution in [2.75, 3.05) is 26.2 Å². The van der Waals surface area contributed by atoms with Gasteiger partial charge in [-0.15, -0.1) is 0 Å². The average molecular weight is 462 g/mol. The van der Waals surface area contributed by atoms with Crippen molar-refractivity contribution in [3.63, 3.8) is 0 Å². The number of sulfonamides is 1. The molecule has 1 aromatic heterocycles. The predicted molar refractivity (Wildman–Crippen MR) is 120 cm³/mol. The molecule has 2 aromatic carbocycles. The van der Waals surface area contributed by atoms with Gasteiger partial charge in [-0.25, -0.2) is 13.1 Å². The lowest BCUT2D eigenvalue weighted by Crippen LogP contribution is -3.13. The predicted octanol–water partition coefficient (Wildman–Crippen LogP) is 1.23. The van der Waals surface area contributed by atoms with Gasteiger partial charge in [-0.05, 0) is 43.3 Å². The molecule has 1 aliphatic heterocycles. The summed E-state index contributed by atoms with van der Waals surface area (Å²) in [4.78, 5) is 14.6. The van der Waals surface area contributed by atoms with Gasteiger partial charge in [0, 0.05) is 17.8 Å². The summed E-state index contributed by atoms with van der Waals surface area (Å²) in [6, 6.07) is 15.8. The Kier molecular flexibility index (Phi) is 6.07. The van der Waals surface area contributed by atoms with E-state index < -0.39 is 10.0 Å². The van der Waals surface area contributed by atoms with Gasteiger partial charge < -0.3 is 4.90 Å². The highest BCUT2D eigenvalue weighted by atomic mass is 35.5. The molecule has 1 N–H and O–H groups in total. The quantitative estimate of drug-likeness (QED) is 0.621. The van der Waals surface area contributed by atoms with Crippen LogP contribution in [0.1, 0.15) is 11.3 Å². The third-order valence-electron chi connectivity index (χ3n) is 5.98. The molecule has 1 fully saturated rings. The summed E-state index contributed by atoms with van der Waals surface area (Å²) in [5, 5.41) is 0.507. The van der Waals surface area contributed by atoms with Crippen molar-refractivity contribution < 1.29 is 13.3 Å². The number of piperazine rings is 1. The van der Waals surface area contributed by atoms with E-state index in [0.717, 1.165) is 16.9 Å². The van der Waals surface area contributed by atoms with E-state index in [2.05, 4.69) is 0 Å². The molecule has 3 aromatic rings. The van der Waals surface area contributed by atoms with Crippen LogP contribution in [-0.4, -0.2) is 48.3 Å². The summed E-state index contributed by atoms with van der Waals surface area (Å²) in [7, 11) is -1.65. The maximum absolute atomic E-state index is 13.1. The highest BCUT2D eigenvalue weighted by Gasteiger charge is 2.31. The summed E-state index contributed by atoms with van der Waals surface area (Å²) in [5.74, 6) is 0. The lowest BCUT2D eigenvalue weighted by atomic mass is 10.2. The number of halogens is 1. The maximum atomic E-state index is 13.1. The van der Waals surface area contributed by atoms with Crippen LogP contribution in [0.5, 0.6) is 0 Å². The fraction of sp³-hybridized carbons (Fsp3) is 0.318. The molecule has 7 nitrogen and oxygen atoms in total. The topological polar surface area (TPSA) is 68.8 Å². The molecular weight excluding hydrogens is 436 g/mol. The lowest BCUT2D eigenvalue weighted by Gasteiger charge is -2.31. The molecule has 2 heterocycles. The van der Waals surface area contributed by atoms with Crippen molar-refractivity contribution >= 4 is 21.6 Å². The molecule has 0 radical (unpaired) electrons. The normalized spacial score (nSPS) is 16.0. The van der Waals surface area contributed by atoms with Gasteiger partial charge in [0.2, 0.25) is 10.0 Å². The zero-order chi connectivity index (χ0) is 22.2. The van der Waals surface area contributed by atoms with Gasteiger partial charge in [0.15, 0.2) is 0 Å². The minimum Gasteiger partial charge on any atom is -0.329 e. The average Bonchev–Trinajstić information content (AvgIpc) is 2.98. The highest BCUT2D eigenvalue weighted by molar-refractivity contribution is 7.89. The first-order chi connectivity index (χ1) is 14.8. The Morgan fingerprint density at radius 1 is 1.00 bits per heavy atom. The largest absolute Gasteiger partial charge is 0.329 e. The second-order valence-electron chi connectivity index (χ2n) is 7.82. The number of hydrogen-bond acceptors (Lipinski definition) is 3. The smallest absolute Gasteiger partial charge is 0.280 e. The summed E-state index contributed by atoms with van der Waals surface area (Å²) in [6.07, 6.45) is 0. The molecule has 0 saturated carbocycles. The number of nitrogens with zero attached hydrogens (tertiary/aromatic N) is 3. The second-order valence-corrected chi connectivity index (χ2v) is 10.2. The van der Waals surface area contributed by atoms with Gasteiger partial charge in [-0.1, -0.05) is 29.8 Å². The molecule has 1 aliphatic rings. The van der Waals surface area contributed by atoms with Crippen LogP contribution >= 0.6 is 11.6 Å². The third-order valence-corrected chi connectivity index (χ3v) is 8.15. The zero-order valence-electron chi connectivity index (χ0n) is 17.6. The van der Waals surface area contributed by atoms with Gasteiger partial charge in [-0.3, -0.25) is 9.48 Å². The maximum Gasteiger partial charge on any atom is 0.280 e. The van der Waals surface area contributed by atoms with Crippen LogP contribution in [0.25, 0.3) is 5.69 Å². The number of quaternary nitrogens is 1. The Morgan fingerprint density at radius 2 is 1.61 bits per heavy atom. The van der Waals surface area contributed by atoms with Crippen molar-refractivity contribution in [1.29, 1.82) is 0 Å². The van der Waals surface area contributed by atoms with E-state index in [-0.39, 0.29) is 10.5 Å². The fourth-order valence-corrected chi connectivity index (χ4v) is 5.62. The monoisotopic (exact) mass is 461 g/mol. The van der Waals surface area contributed by atoms with Crippen LogP contribution in [0, 0.1) is 6.92 Å². The first-order valence-electron chi connectivity index (χ1n) is 10.2. The summed E-state index contributed by atoms with van der Waals surface area (Å²) in [5.41, 5.74) is 2.51. The van der Waals surface area contributed by atoms with Crippen LogP contribution in [0.4, 0.5) is 0 Å². The summed E-state index contributed by atoms with van der Waals surface area (Å²) >= 11 is 5.88. The van der Waals surface area contributed by atoms with Crippen molar-refractivity contribution in [2.45, 2.75) is 18.4 Å². The van der Waals surface area contributed by atoms with Crippen molar-refractivity contribution in [1.82, 2.24) is 13.7 Å². The van der Waals surface area contributed by atoms with Crippen LogP contribution in [0.3, 0.4) is 0 Å². The minimum absolute atomic E-state index is 0.0186. The van der Waals surface area contributed by atoms with Crippen LogP contribution < -0.4 is 10.5 Å². The van der Waals surface area contributed by atoms with Gasteiger partial charge in [0.1, 0.15) is 6.54 Å².